The quantitative estimate of drug-likeness (QED) is 0.870. The van der Waals surface area contributed by atoms with Gasteiger partial charge in [-0.15, -0.1) is 0 Å². The summed E-state index contributed by atoms with van der Waals surface area (Å²) < 4.78 is 11.1. The molecule has 0 aromatic heterocycles. The molecule has 4 nitrogen and oxygen atoms in total. The number of ether oxygens (including phenoxy) is 2. The van der Waals surface area contributed by atoms with Gasteiger partial charge in [-0.25, -0.2) is 0 Å². The van der Waals surface area contributed by atoms with Crippen molar-refractivity contribution in [2.75, 3.05) is 11.9 Å². The van der Waals surface area contributed by atoms with Crippen LogP contribution in [0.2, 0.25) is 0 Å². The number of nitrogens with one attached hydrogen (secondary N) is 1. The van der Waals surface area contributed by atoms with E-state index in [9.17, 15) is 4.79 Å². The summed E-state index contributed by atoms with van der Waals surface area (Å²) in [6, 6.07) is 7.34. The summed E-state index contributed by atoms with van der Waals surface area (Å²) in [5, 5.41) is 3.59. The average Bonchev–Trinajstić information content (AvgIpc) is 2.37. The van der Waals surface area contributed by atoms with E-state index in [2.05, 4.69) is 21.2 Å². The molecule has 1 aromatic carbocycles. The van der Waals surface area contributed by atoms with Crippen molar-refractivity contribution < 1.29 is 14.3 Å². The molecule has 1 N–H and O–H groups in total. The van der Waals surface area contributed by atoms with Crippen LogP contribution in [0.15, 0.2) is 24.3 Å². The number of amides is 1. The third kappa shape index (κ3) is 2.96. The Labute approximate surface area is 115 Å². The predicted molar refractivity (Wildman–Crippen MR) is 72.4 cm³/mol. The lowest BCUT2D eigenvalue weighted by atomic mass is 10.1. The first-order chi connectivity index (χ1) is 8.52. The average molecular weight is 314 g/mol. The monoisotopic (exact) mass is 313 g/mol. The topological polar surface area (TPSA) is 47.6 Å². The molecule has 0 radical (unpaired) electrons. The molecule has 1 amide bonds. The standard InChI is InChI=1S/C13H16BrNO3/c1-13(2,8-14)15-12(16)11-7-17-9-5-3-4-6-10(9)18-11/h3-6,11H,7-8H2,1-2H3,(H,15,16). The van der Waals surface area contributed by atoms with Crippen molar-refractivity contribution in [1.82, 2.24) is 5.32 Å². The lowest BCUT2D eigenvalue weighted by Crippen LogP contribution is -2.52. The van der Waals surface area contributed by atoms with E-state index in [0.29, 0.717) is 16.8 Å². The number of para-hydroxylation sites is 2. The van der Waals surface area contributed by atoms with Gasteiger partial charge in [0.25, 0.3) is 5.91 Å². The van der Waals surface area contributed by atoms with Gasteiger partial charge in [-0.3, -0.25) is 4.79 Å². The minimum atomic E-state index is -0.599. The molecule has 1 aliphatic rings. The number of halogens is 1. The number of hydrogen-bond donors (Lipinski definition) is 1. The predicted octanol–water partition coefficient (Wildman–Crippen LogP) is 2.12. The summed E-state index contributed by atoms with van der Waals surface area (Å²) in [6.45, 7) is 4.12. The van der Waals surface area contributed by atoms with Crippen LogP contribution in [0.4, 0.5) is 0 Å². The molecule has 0 bridgehead atoms. The van der Waals surface area contributed by atoms with Gasteiger partial charge in [0.15, 0.2) is 11.5 Å². The first kappa shape index (κ1) is 13.2. The van der Waals surface area contributed by atoms with Crippen LogP contribution in [0.25, 0.3) is 0 Å². The molecule has 98 valence electrons. The van der Waals surface area contributed by atoms with Crippen molar-refractivity contribution >= 4 is 21.8 Å². The lowest BCUT2D eigenvalue weighted by molar-refractivity contribution is -0.131. The van der Waals surface area contributed by atoms with Gasteiger partial charge in [0, 0.05) is 10.9 Å². The van der Waals surface area contributed by atoms with Crippen molar-refractivity contribution in [3.8, 4) is 11.5 Å². The fourth-order valence-corrected chi connectivity index (χ4v) is 1.74. The molecule has 0 aliphatic carbocycles. The van der Waals surface area contributed by atoms with Gasteiger partial charge >= 0.3 is 0 Å². The molecule has 0 saturated carbocycles. The molecule has 1 aliphatic heterocycles. The van der Waals surface area contributed by atoms with E-state index >= 15 is 0 Å². The molecule has 2 rings (SSSR count). The van der Waals surface area contributed by atoms with Gasteiger partial charge < -0.3 is 14.8 Å². The maximum absolute atomic E-state index is 12.0. The Morgan fingerprint density at radius 2 is 2.11 bits per heavy atom. The van der Waals surface area contributed by atoms with E-state index in [4.69, 9.17) is 9.47 Å². The SMILES string of the molecule is CC(C)(CBr)NC(=O)C1COc2ccccc2O1. The fourth-order valence-electron chi connectivity index (χ4n) is 1.60. The van der Waals surface area contributed by atoms with Crippen LogP contribution in [0.1, 0.15) is 13.8 Å². The molecule has 0 saturated heterocycles. The summed E-state index contributed by atoms with van der Waals surface area (Å²) in [4.78, 5) is 12.0. The smallest absolute Gasteiger partial charge is 0.265 e. The molecule has 0 fully saturated rings. The number of alkyl halides is 1. The molecule has 1 unspecified atom stereocenters. The molecular formula is C13H16BrNO3. The van der Waals surface area contributed by atoms with Crippen molar-refractivity contribution in [1.29, 1.82) is 0 Å². The number of rotatable bonds is 3. The summed E-state index contributed by atoms with van der Waals surface area (Å²) in [7, 11) is 0. The second kappa shape index (κ2) is 5.18. The van der Waals surface area contributed by atoms with E-state index in [0.717, 1.165) is 0 Å². The number of carbonyl (C=O) groups excluding carboxylic acids is 1. The molecular weight excluding hydrogens is 298 g/mol. The zero-order valence-corrected chi connectivity index (χ0v) is 12.0. The van der Waals surface area contributed by atoms with Gasteiger partial charge in [-0.05, 0) is 26.0 Å². The molecule has 1 heterocycles. The number of hydrogen-bond acceptors (Lipinski definition) is 3. The van der Waals surface area contributed by atoms with E-state index in [1.54, 1.807) is 6.07 Å². The Kier molecular flexibility index (Phi) is 3.80. The Balaban J connectivity index is 2.03. The third-order valence-corrected chi connectivity index (χ3v) is 4.00. The second-order valence-corrected chi connectivity index (χ2v) is 5.43. The van der Waals surface area contributed by atoms with Gasteiger partial charge in [0.05, 0.1) is 0 Å². The largest absolute Gasteiger partial charge is 0.485 e. The Morgan fingerprint density at radius 1 is 1.44 bits per heavy atom. The van der Waals surface area contributed by atoms with Gasteiger partial charge in [0.1, 0.15) is 6.61 Å². The highest BCUT2D eigenvalue weighted by Gasteiger charge is 2.30. The van der Waals surface area contributed by atoms with Gasteiger partial charge in [0.2, 0.25) is 6.10 Å². The van der Waals surface area contributed by atoms with Crippen LogP contribution in [-0.2, 0) is 4.79 Å². The maximum atomic E-state index is 12.0. The van der Waals surface area contributed by atoms with Crippen molar-refractivity contribution in [2.24, 2.45) is 0 Å². The Morgan fingerprint density at radius 3 is 2.78 bits per heavy atom. The maximum Gasteiger partial charge on any atom is 0.265 e. The summed E-state index contributed by atoms with van der Waals surface area (Å²) in [5.74, 6) is 1.14. The van der Waals surface area contributed by atoms with Crippen LogP contribution in [0, 0.1) is 0 Å². The van der Waals surface area contributed by atoms with Crippen LogP contribution in [0.5, 0.6) is 11.5 Å². The Bertz CT molecular complexity index is 448. The minimum absolute atomic E-state index is 0.158. The molecule has 5 heteroatoms. The summed E-state index contributed by atoms with van der Waals surface area (Å²) in [5.41, 5.74) is -0.308. The molecule has 18 heavy (non-hydrogen) atoms. The second-order valence-electron chi connectivity index (χ2n) is 4.87. The van der Waals surface area contributed by atoms with Crippen molar-refractivity contribution in [3.05, 3.63) is 24.3 Å². The zero-order chi connectivity index (χ0) is 13.2. The van der Waals surface area contributed by atoms with Gasteiger partial charge in [-0.2, -0.15) is 0 Å². The van der Waals surface area contributed by atoms with Crippen LogP contribution < -0.4 is 14.8 Å². The highest BCUT2D eigenvalue weighted by atomic mass is 79.9. The van der Waals surface area contributed by atoms with E-state index in [1.807, 2.05) is 32.0 Å². The first-order valence-corrected chi connectivity index (χ1v) is 6.90. The minimum Gasteiger partial charge on any atom is -0.485 e. The van der Waals surface area contributed by atoms with Gasteiger partial charge in [-0.1, -0.05) is 28.1 Å². The van der Waals surface area contributed by atoms with E-state index < -0.39 is 6.10 Å². The molecule has 1 aromatic rings. The van der Waals surface area contributed by atoms with E-state index in [-0.39, 0.29) is 18.1 Å². The Hall–Kier alpha value is -1.23. The first-order valence-electron chi connectivity index (χ1n) is 5.78. The molecule has 1 atom stereocenters. The lowest BCUT2D eigenvalue weighted by Gasteiger charge is -2.29. The van der Waals surface area contributed by atoms with Crippen molar-refractivity contribution in [2.45, 2.75) is 25.5 Å². The summed E-state index contributed by atoms with van der Waals surface area (Å²) in [6.07, 6.45) is -0.599. The van der Waals surface area contributed by atoms with Crippen LogP contribution in [0.3, 0.4) is 0 Å². The number of benzene rings is 1. The fraction of sp³-hybridized carbons (Fsp3) is 0.462. The normalized spacial score (nSPS) is 18.3. The zero-order valence-electron chi connectivity index (χ0n) is 10.4. The van der Waals surface area contributed by atoms with Crippen molar-refractivity contribution in [3.63, 3.8) is 0 Å². The van der Waals surface area contributed by atoms with Crippen LogP contribution in [-0.4, -0.2) is 29.5 Å². The third-order valence-electron chi connectivity index (χ3n) is 2.60. The number of carbonyl (C=O) groups is 1. The van der Waals surface area contributed by atoms with Crippen LogP contribution >= 0.6 is 15.9 Å². The number of fused-ring (bicyclic) bond motifs is 1. The summed E-state index contributed by atoms with van der Waals surface area (Å²) >= 11 is 3.36. The highest BCUT2D eigenvalue weighted by Crippen LogP contribution is 2.30. The van der Waals surface area contributed by atoms with E-state index in [1.165, 1.54) is 0 Å². The highest BCUT2D eigenvalue weighted by molar-refractivity contribution is 9.09. The molecule has 0 spiro atoms.